The number of amides is 1. The second kappa shape index (κ2) is 13.2. The quantitative estimate of drug-likeness (QED) is 0.665. The summed E-state index contributed by atoms with van der Waals surface area (Å²) in [6.45, 7) is 8.62. The van der Waals surface area contributed by atoms with Crippen molar-refractivity contribution in [2.45, 2.75) is 12.8 Å². The summed E-state index contributed by atoms with van der Waals surface area (Å²) in [7, 11) is 1.67. The van der Waals surface area contributed by atoms with Crippen molar-refractivity contribution in [3.8, 4) is 0 Å². The van der Waals surface area contributed by atoms with Crippen LogP contribution in [0.3, 0.4) is 0 Å². The number of carbonyl (C=O) groups is 1. The van der Waals surface area contributed by atoms with Crippen molar-refractivity contribution in [2.24, 2.45) is 5.92 Å². The van der Waals surface area contributed by atoms with Crippen molar-refractivity contribution in [2.75, 3.05) is 72.7 Å². The molecule has 0 aliphatic carbocycles. The van der Waals surface area contributed by atoms with Crippen molar-refractivity contribution >= 4 is 30.7 Å². The summed E-state index contributed by atoms with van der Waals surface area (Å²) >= 11 is 0. The van der Waals surface area contributed by atoms with Gasteiger partial charge >= 0.3 is 0 Å². The second-order valence-corrected chi connectivity index (χ2v) is 5.91. The van der Waals surface area contributed by atoms with Gasteiger partial charge in [-0.15, -0.1) is 24.8 Å². The molecule has 2 aliphatic heterocycles. The third-order valence-corrected chi connectivity index (χ3v) is 4.35. The molecule has 0 unspecified atom stereocenters. The lowest BCUT2D eigenvalue weighted by Crippen LogP contribution is -2.46. The molecule has 6 nitrogen and oxygen atoms in total. The molecule has 2 heterocycles. The van der Waals surface area contributed by atoms with Crippen molar-refractivity contribution in [1.82, 2.24) is 15.1 Å². The summed E-state index contributed by atoms with van der Waals surface area (Å²) in [6, 6.07) is 0. The Bertz CT molecular complexity index is 310. The van der Waals surface area contributed by atoms with Gasteiger partial charge in [-0.1, -0.05) is 0 Å². The Kier molecular flexibility index (Phi) is 13.1. The van der Waals surface area contributed by atoms with Crippen LogP contribution in [0.15, 0.2) is 0 Å². The maximum Gasteiger partial charge on any atom is 0.236 e. The molecule has 2 fully saturated rings. The standard InChI is InChI=1S/C15H29N3O3.2ClH/c1-20-9-4-16-12-15(19)18-5-2-14(3-6-18)13-17-7-10-21-11-8-17;;/h14,16H,2-13H2,1H3;2*1H. The van der Waals surface area contributed by atoms with E-state index in [1.807, 2.05) is 4.90 Å². The molecule has 1 amide bonds. The Labute approximate surface area is 152 Å². The van der Waals surface area contributed by atoms with Crippen molar-refractivity contribution in [1.29, 1.82) is 0 Å². The van der Waals surface area contributed by atoms with E-state index in [9.17, 15) is 4.79 Å². The zero-order chi connectivity index (χ0) is 14.9. The van der Waals surface area contributed by atoms with E-state index in [1.165, 1.54) is 0 Å². The minimum atomic E-state index is 0. The lowest BCUT2D eigenvalue weighted by atomic mass is 9.96. The third-order valence-electron chi connectivity index (χ3n) is 4.35. The Morgan fingerprint density at radius 2 is 1.83 bits per heavy atom. The fourth-order valence-electron chi connectivity index (χ4n) is 3.00. The number of nitrogens with zero attached hydrogens (tertiary/aromatic N) is 2. The smallest absolute Gasteiger partial charge is 0.236 e. The number of hydrogen-bond acceptors (Lipinski definition) is 5. The predicted octanol–water partition coefficient (Wildman–Crippen LogP) is 0.637. The summed E-state index contributed by atoms with van der Waals surface area (Å²) < 4.78 is 10.3. The molecule has 0 saturated carbocycles. The van der Waals surface area contributed by atoms with E-state index in [4.69, 9.17) is 9.47 Å². The lowest BCUT2D eigenvalue weighted by Gasteiger charge is -2.36. The molecule has 1 N–H and O–H groups in total. The number of likely N-dealkylation sites (tertiary alicyclic amines) is 1. The Morgan fingerprint density at radius 1 is 1.17 bits per heavy atom. The number of piperidine rings is 1. The van der Waals surface area contributed by atoms with Gasteiger partial charge in [-0.25, -0.2) is 0 Å². The maximum absolute atomic E-state index is 12.1. The Balaban J connectivity index is 0.00000242. The Hall–Kier alpha value is -0.110. The number of halogens is 2. The number of nitrogens with one attached hydrogen (secondary N) is 1. The molecule has 138 valence electrons. The molecule has 0 spiro atoms. The van der Waals surface area contributed by atoms with Crippen molar-refractivity contribution in [3.05, 3.63) is 0 Å². The van der Waals surface area contributed by atoms with Gasteiger partial charge in [-0.05, 0) is 18.8 Å². The van der Waals surface area contributed by atoms with Crippen LogP contribution in [0.2, 0.25) is 0 Å². The normalized spacial score (nSPS) is 19.8. The van der Waals surface area contributed by atoms with Crippen LogP contribution in [-0.4, -0.2) is 88.5 Å². The highest BCUT2D eigenvalue weighted by Gasteiger charge is 2.24. The van der Waals surface area contributed by atoms with E-state index in [0.717, 1.165) is 71.2 Å². The van der Waals surface area contributed by atoms with E-state index in [-0.39, 0.29) is 30.7 Å². The summed E-state index contributed by atoms with van der Waals surface area (Å²) in [5.41, 5.74) is 0. The van der Waals surface area contributed by atoms with Crippen LogP contribution >= 0.6 is 24.8 Å². The highest BCUT2D eigenvalue weighted by Crippen LogP contribution is 2.19. The first kappa shape index (κ1) is 22.9. The molecule has 8 heteroatoms. The number of carbonyl (C=O) groups excluding carboxylic acids is 1. The van der Waals surface area contributed by atoms with Crippen LogP contribution in [0.4, 0.5) is 0 Å². The monoisotopic (exact) mass is 371 g/mol. The Morgan fingerprint density at radius 3 is 2.43 bits per heavy atom. The van der Waals surface area contributed by atoms with Crippen molar-refractivity contribution < 1.29 is 14.3 Å². The molecule has 0 bridgehead atoms. The highest BCUT2D eigenvalue weighted by atomic mass is 35.5. The molecule has 2 saturated heterocycles. The van der Waals surface area contributed by atoms with E-state index >= 15 is 0 Å². The number of ether oxygens (including phenoxy) is 2. The van der Waals surface area contributed by atoms with Gasteiger partial charge < -0.3 is 19.7 Å². The first-order valence-electron chi connectivity index (χ1n) is 8.07. The highest BCUT2D eigenvalue weighted by molar-refractivity contribution is 5.85. The average Bonchev–Trinajstić information content (AvgIpc) is 2.53. The van der Waals surface area contributed by atoms with Gasteiger partial charge in [0.1, 0.15) is 0 Å². The summed E-state index contributed by atoms with van der Waals surface area (Å²) in [5, 5.41) is 3.12. The molecular formula is C15H31Cl2N3O3. The van der Waals surface area contributed by atoms with Crippen LogP contribution in [-0.2, 0) is 14.3 Å². The van der Waals surface area contributed by atoms with Crippen LogP contribution in [0, 0.1) is 5.92 Å². The van der Waals surface area contributed by atoms with Gasteiger partial charge in [0, 0.05) is 46.4 Å². The zero-order valence-electron chi connectivity index (χ0n) is 14.0. The SMILES string of the molecule is COCCNCC(=O)N1CCC(CN2CCOCC2)CC1.Cl.Cl. The second-order valence-electron chi connectivity index (χ2n) is 5.91. The lowest BCUT2D eigenvalue weighted by molar-refractivity contribution is -0.131. The first-order chi connectivity index (χ1) is 10.3. The first-order valence-corrected chi connectivity index (χ1v) is 8.07. The predicted molar refractivity (Wildman–Crippen MR) is 95.8 cm³/mol. The topological polar surface area (TPSA) is 54.0 Å². The van der Waals surface area contributed by atoms with Crippen LogP contribution in [0.25, 0.3) is 0 Å². The number of hydrogen-bond donors (Lipinski definition) is 1. The van der Waals surface area contributed by atoms with Gasteiger partial charge in [-0.2, -0.15) is 0 Å². The van der Waals surface area contributed by atoms with Crippen LogP contribution in [0.5, 0.6) is 0 Å². The summed E-state index contributed by atoms with van der Waals surface area (Å²) in [4.78, 5) is 16.5. The van der Waals surface area contributed by atoms with E-state index < -0.39 is 0 Å². The molecule has 0 aromatic heterocycles. The molecular weight excluding hydrogens is 341 g/mol. The third kappa shape index (κ3) is 8.52. The number of methoxy groups -OCH3 is 1. The van der Waals surface area contributed by atoms with Crippen LogP contribution < -0.4 is 5.32 Å². The van der Waals surface area contributed by atoms with E-state index in [1.54, 1.807) is 7.11 Å². The summed E-state index contributed by atoms with van der Waals surface area (Å²) in [6.07, 6.45) is 2.25. The summed E-state index contributed by atoms with van der Waals surface area (Å²) in [5.74, 6) is 0.949. The largest absolute Gasteiger partial charge is 0.383 e. The molecule has 0 atom stereocenters. The van der Waals surface area contributed by atoms with Gasteiger partial charge in [0.25, 0.3) is 0 Å². The van der Waals surface area contributed by atoms with Gasteiger partial charge in [0.15, 0.2) is 0 Å². The molecule has 23 heavy (non-hydrogen) atoms. The molecule has 0 aromatic carbocycles. The molecule has 0 aromatic rings. The molecule has 2 rings (SSSR count). The van der Waals surface area contributed by atoms with Crippen molar-refractivity contribution in [3.63, 3.8) is 0 Å². The van der Waals surface area contributed by atoms with E-state index in [2.05, 4.69) is 10.2 Å². The minimum Gasteiger partial charge on any atom is -0.383 e. The zero-order valence-corrected chi connectivity index (χ0v) is 15.6. The van der Waals surface area contributed by atoms with Gasteiger partial charge in [0.2, 0.25) is 5.91 Å². The minimum absolute atomic E-state index is 0. The number of rotatable bonds is 7. The van der Waals surface area contributed by atoms with E-state index in [0.29, 0.717) is 13.2 Å². The maximum atomic E-state index is 12.1. The van der Waals surface area contributed by atoms with Gasteiger partial charge in [0.05, 0.1) is 26.4 Å². The molecule has 2 aliphatic rings. The number of morpholine rings is 1. The van der Waals surface area contributed by atoms with Gasteiger partial charge in [-0.3, -0.25) is 9.69 Å². The van der Waals surface area contributed by atoms with Crippen LogP contribution in [0.1, 0.15) is 12.8 Å². The fourth-order valence-corrected chi connectivity index (χ4v) is 3.00. The average molecular weight is 372 g/mol. The molecule has 0 radical (unpaired) electrons. The fraction of sp³-hybridized carbons (Fsp3) is 0.933.